The summed E-state index contributed by atoms with van der Waals surface area (Å²) in [6, 6.07) is 8.72. The van der Waals surface area contributed by atoms with Gasteiger partial charge in [0.2, 0.25) is 5.78 Å². The summed E-state index contributed by atoms with van der Waals surface area (Å²) in [6.07, 6.45) is 1.92. The van der Waals surface area contributed by atoms with Crippen LogP contribution in [0.2, 0.25) is 0 Å². The Balaban J connectivity index is 1.47. The summed E-state index contributed by atoms with van der Waals surface area (Å²) in [6.45, 7) is 5.06. The first-order chi connectivity index (χ1) is 21.1. The van der Waals surface area contributed by atoms with Crippen molar-refractivity contribution in [3.05, 3.63) is 82.8 Å². The van der Waals surface area contributed by atoms with Gasteiger partial charge in [-0.15, -0.1) is 0 Å². The first-order valence-corrected chi connectivity index (χ1v) is 13.6. The van der Waals surface area contributed by atoms with Gasteiger partial charge in [-0.1, -0.05) is 18.2 Å². The van der Waals surface area contributed by atoms with E-state index in [9.17, 15) is 18.0 Å². The van der Waals surface area contributed by atoms with E-state index in [0.29, 0.717) is 53.8 Å². The largest absolute Gasteiger partial charge is 0.417 e. The van der Waals surface area contributed by atoms with Gasteiger partial charge in [0.05, 0.1) is 49.8 Å². The normalized spacial score (nSPS) is 12.4. The van der Waals surface area contributed by atoms with Gasteiger partial charge in [0.25, 0.3) is 5.91 Å². The maximum absolute atomic E-state index is 14.1. The van der Waals surface area contributed by atoms with Gasteiger partial charge in [-0.05, 0) is 48.7 Å². The number of rotatable bonds is 13. The average Bonchev–Trinajstić information content (AvgIpc) is 3.41. The number of hydrazone groups is 1. The molecule has 0 unspecified atom stereocenters. The molecule has 1 amide bonds. The first kappa shape index (κ1) is 32.3. The van der Waals surface area contributed by atoms with Gasteiger partial charge in [0.1, 0.15) is 5.71 Å². The van der Waals surface area contributed by atoms with E-state index in [1.807, 2.05) is 19.2 Å². The van der Waals surface area contributed by atoms with Crippen LogP contribution < -0.4 is 16.9 Å². The van der Waals surface area contributed by atoms with E-state index in [0.717, 1.165) is 17.7 Å². The summed E-state index contributed by atoms with van der Waals surface area (Å²) < 4.78 is 54.6. The van der Waals surface area contributed by atoms with Gasteiger partial charge in [-0.3, -0.25) is 14.2 Å². The molecule has 0 fully saturated rings. The van der Waals surface area contributed by atoms with Crippen LogP contribution in [0, 0.1) is 13.8 Å². The van der Waals surface area contributed by atoms with Crippen molar-refractivity contribution in [1.29, 1.82) is 0 Å². The lowest BCUT2D eigenvalue weighted by atomic mass is 10.0. The fraction of sp³-hybridized carbons (Fsp3) is 0.300. The SMILES string of the molecule is Cc1cnc2nc(-c3ccc(C)c(NC(=O)c4ccc(CN=C/C(COCCOCCN)=N\N)cc4C(F)(F)F)c3)cn2c1. The van der Waals surface area contributed by atoms with Crippen LogP contribution in [0.25, 0.3) is 17.0 Å². The number of aryl methyl sites for hydroxylation is 2. The van der Waals surface area contributed by atoms with Crippen LogP contribution in [-0.4, -0.2) is 65.2 Å². The standard InChI is InChI=1S/C30H33F3N8O3/c1-19-13-37-29-39-27(17-41(29)16-19)22-5-3-20(2)26(12-22)38-28(42)24-6-4-21(11-25(24)30(31,32)33)14-36-15-23(40-35)18-44-10-9-43-8-7-34/h3-6,11-13,15-17H,7-10,14,18,34-35H2,1-2H3,(H,38,42)/b36-15?,40-23+. The summed E-state index contributed by atoms with van der Waals surface area (Å²) >= 11 is 0. The molecule has 5 N–H and O–H groups in total. The number of aliphatic imine (C=N–C) groups is 1. The fourth-order valence-corrected chi connectivity index (χ4v) is 4.20. The minimum absolute atomic E-state index is 0.0488. The molecular weight excluding hydrogens is 577 g/mol. The minimum Gasteiger partial charge on any atom is -0.378 e. The predicted molar refractivity (Wildman–Crippen MR) is 162 cm³/mol. The van der Waals surface area contributed by atoms with Crippen molar-refractivity contribution in [3.8, 4) is 11.3 Å². The van der Waals surface area contributed by atoms with Gasteiger partial charge < -0.3 is 26.4 Å². The number of anilines is 1. The van der Waals surface area contributed by atoms with Crippen molar-refractivity contribution in [1.82, 2.24) is 14.4 Å². The van der Waals surface area contributed by atoms with E-state index < -0.39 is 23.2 Å². The number of aromatic nitrogens is 3. The third-order valence-corrected chi connectivity index (χ3v) is 6.42. The third kappa shape index (κ3) is 8.46. The second-order valence-corrected chi connectivity index (χ2v) is 9.87. The molecule has 4 rings (SSSR count). The molecule has 4 aromatic rings. The molecule has 0 aliphatic rings. The van der Waals surface area contributed by atoms with E-state index in [1.54, 1.807) is 35.9 Å². The smallest absolute Gasteiger partial charge is 0.378 e. The Morgan fingerprint density at radius 2 is 1.89 bits per heavy atom. The predicted octanol–water partition coefficient (Wildman–Crippen LogP) is 4.16. The zero-order chi connectivity index (χ0) is 31.7. The molecule has 0 saturated heterocycles. The van der Waals surface area contributed by atoms with Gasteiger partial charge in [0.15, 0.2) is 0 Å². The van der Waals surface area contributed by atoms with Crippen molar-refractivity contribution >= 4 is 29.3 Å². The van der Waals surface area contributed by atoms with Crippen molar-refractivity contribution < 1.29 is 27.4 Å². The monoisotopic (exact) mass is 610 g/mol. The molecule has 0 bridgehead atoms. The van der Waals surface area contributed by atoms with Crippen LogP contribution in [0.4, 0.5) is 18.9 Å². The van der Waals surface area contributed by atoms with E-state index in [4.69, 9.17) is 21.1 Å². The molecule has 2 aromatic carbocycles. The van der Waals surface area contributed by atoms with E-state index in [2.05, 4.69) is 25.4 Å². The maximum Gasteiger partial charge on any atom is 0.417 e. The minimum atomic E-state index is -4.78. The van der Waals surface area contributed by atoms with Crippen LogP contribution >= 0.6 is 0 Å². The first-order valence-electron chi connectivity index (χ1n) is 13.6. The molecule has 0 saturated carbocycles. The van der Waals surface area contributed by atoms with E-state index in [1.165, 1.54) is 12.3 Å². The number of carbonyl (C=O) groups is 1. The molecule has 232 valence electrons. The second kappa shape index (κ2) is 14.7. The Labute approximate surface area is 251 Å². The number of nitrogens with one attached hydrogen (secondary N) is 1. The number of carbonyl (C=O) groups excluding carboxylic acids is 1. The number of fused-ring (bicyclic) bond motifs is 1. The van der Waals surface area contributed by atoms with Crippen LogP contribution in [0.15, 0.2) is 65.1 Å². The molecule has 2 aromatic heterocycles. The number of alkyl halides is 3. The highest BCUT2D eigenvalue weighted by Crippen LogP contribution is 2.34. The summed E-state index contributed by atoms with van der Waals surface area (Å²) in [5.74, 6) is 4.96. The molecule has 0 aliphatic carbocycles. The zero-order valence-electron chi connectivity index (χ0n) is 24.3. The molecule has 14 heteroatoms. The number of ether oxygens (including phenoxy) is 2. The van der Waals surface area contributed by atoms with E-state index in [-0.39, 0.29) is 25.3 Å². The molecule has 11 nitrogen and oxygen atoms in total. The number of nitrogens with two attached hydrogens (primary N) is 2. The Kier molecular flexibility index (Phi) is 10.8. The Hall–Kier alpha value is -4.66. The third-order valence-electron chi connectivity index (χ3n) is 6.42. The number of hydrogen-bond acceptors (Lipinski definition) is 9. The molecule has 0 spiro atoms. The number of benzene rings is 2. The lowest BCUT2D eigenvalue weighted by Crippen LogP contribution is -2.19. The maximum atomic E-state index is 14.1. The molecule has 44 heavy (non-hydrogen) atoms. The highest BCUT2D eigenvalue weighted by Gasteiger charge is 2.35. The highest BCUT2D eigenvalue weighted by molar-refractivity contribution is 6.31. The topological polar surface area (TPSA) is 155 Å². The van der Waals surface area contributed by atoms with Gasteiger partial charge >= 0.3 is 6.18 Å². The second-order valence-electron chi connectivity index (χ2n) is 9.87. The Morgan fingerprint density at radius 3 is 2.64 bits per heavy atom. The van der Waals surface area contributed by atoms with Crippen molar-refractivity contribution in [3.63, 3.8) is 0 Å². The van der Waals surface area contributed by atoms with Gasteiger partial charge in [0, 0.05) is 42.6 Å². The molecule has 2 heterocycles. The quantitative estimate of drug-likeness (QED) is 0.0889. The van der Waals surface area contributed by atoms with Crippen LogP contribution in [0.3, 0.4) is 0 Å². The van der Waals surface area contributed by atoms with Crippen LogP contribution in [0.5, 0.6) is 0 Å². The van der Waals surface area contributed by atoms with E-state index >= 15 is 0 Å². The lowest BCUT2D eigenvalue weighted by molar-refractivity contribution is -0.137. The number of halogens is 3. The Morgan fingerprint density at radius 1 is 1.09 bits per heavy atom. The van der Waals surface area contributed by atoms with Crippen molar-refractivity contribution in [2.75, 3.05) is 38.3 Å². The van der Waals surface area contributed by atoms with Crippen molar-refractivity contribution in [2.24, 2.45) is 21.7 Å². The highest BCUT2D eigenvalue weighted by atomic mass is 19.4. The molecular formula is C30H33F3N8O3. The zero-order valence-corrected chi connectivity index (χ0v) is 24.3. The number of nitrogens with zero attached hydrogens (tertiary/aromatic N) is 5. The number of hydrogen-bond donors (Lipinski definition) is 3. The lowest BCUT2D eigenvalue weighted by Gasteiger charge is -2.15. The fourth-order valence-electron chi connectivity index (χ4n) is 4.20. The van der Waals surface area contributed by atoms with Gasteiger partial charge in [-0.25, -0.2) is 9.97 Å². The summed E-state index contributed by atoms with van der Waals surface area (Å²) in [5, 5.41) is 6.21. The number of amides is 1. The Bertz CT molecular complexity index is 1670. The summed E-state index contributed by atoms with van der Waals surface area (Å²) in [4.78, 5) is 26.1. The summed E-state index contributed by atoms with van der Waals surface area (Å²) in [7, 11) is 0. The van der Waals surface area contributed by atoms with Crippen molar-refractivity contribution in [2.45, 2.75) is 26.6 Å². The molecule has 0 atom stereocenters. The number of imidazole rings is 1. The summed E-state index contributed by atoms with van der Waals surface area (Å²) in [5.41, 5.74) is 7.54. The van der Waals surface area contributed by atoms with Crippen LogP contribution in [0.1, 0.15) is 32.6 Å². The average molecular weight is 611 g/mol. The van der Waals surface area contributed by atoms with Crippen LogP contribution in [-0.2, 0) is 22.2 Å². The van der Waals surface area contributed by atoms with Gasteiger partial charge in [-0.2, -0.15) is 18.3 Å². The molecule has 0 radical (unpaired) electrons. The molecule has 0 aliphatic heterocycles.